The largest absolute Gasteiger partial charge is 0.338 e. The molecule has 0 spiro atoms. The molecule has 1 fully saturated rings. The predicted molar refractivity (Wildman–Crippen MR) is 71.2 cm³/mol. The molecule has 1 aromatic heterocycles. The highest BCUT2D eigenvalue weighted by Gasteiger charge is 2.24. The first-order valence-corrected chi connectivity index (χ1v) is 6.37. The highest BCUT2D eigenvalue weighted by atomic mass is 15.3. The molecule has 4 nitrogen and oxygen atoms in total. The minimum absolute atomic E-state index is 0.439. The lowest BCUT2D eigenvalue weighted by Crippen LogP contribution is -2.45. The summed E-state index contributed by atoms with van der Waals surface area (Å²) in [4.78, 5) is 7.00. The highest BCUT2D eigenvalue weighted by molar-refractivity contribution is 5.36. The number of anilines is 1. The van der Waals surface area contributed by atoms with Crippen LogP contribution < -0.4 is 10.6 Å². The zero-order valence-electron chi connectivity index (χ0n) is 10.6. The number of allylic oxidation sites excluding steroid dienone is 1. The van der Waals surface area contributed by atoms with Gasteiger partial charge in [0.2, 0.25) is 5.95 Å². The van der Waals surface area contributed by atoms with Crippen LogP contribution in [0.15, 0.2) is 18.9 Å². The lowest BCUT2D eigenvalue weighted by Gasteiger charge is -2.36. The molecule has 1 aromatic rings. The van der Waals surface area contributed by atoms with Crippen molar-refractivity contribution < 1.29 is 0 Å². The standard InChI is InChI=1S/C13H22N4/c1-3-7-16-10-11(2)15-13(16)17-8-5-4-6-12(17)9-14/h3,10,12H,1,4-9,14H2,2H3. The Morgan fingerprint density at radius 1 is 1.59 bits per heavy atom. The van der Waals surface area contributed by atoms with Crippen LogP contribution in [0.3, 0.4) is 0 Å². The maximum atomic E-state index is 5.86. The molecule has 0 bridgehead atoms. The topological polar surface area (TPSA) is 47.1 Å². The van der Waals surface area contributed by atoms with Crippen LogP contribution in [0.25, 0.3) is 0 Å². The van der Waals surface area contributed by atoms with Gasteiger partial charge < -0.3 is 15.2 Å². The van der Waals surface area contributed by atoms with Gasteiger partial charge in [0.1, 0.15) is 0 Å². The van der Waals surface area contributed by atoms with E-state index < -0.39 is 0 Å². The number of piperidine rings is 1. The molecule has 0 aromatic carbocycles. The molecule has 2 heterocycles. The summed E-state index contributed by atoms with van der Waals surface area (Å²) in [6.45, 7) is 8.41. The van der Waals surface area contributed by atoms with Gasteiger partial charge in [0.05, 0.1) is 5.69 Å². The molecule has 0 amide bonds. The van der Waals surface area contributed by atoms with E-state index in [1.54, 1.807) is 0 Å². The summed E-state index contributed by atoms with van der Waals surface area (Å²) in [6.07, 6.45) is 7.68. The van der Waals surface area contributed by atoms with E-state index in [0.29, 0.717) is 12.6 Å². The summed E-state index contributed by atoms with van der Waals surface area (Å²) in [5, 5.41) is 0. The van der Waals surface area contributed by atoms with Crippen LogP contribution >= 0.6 is 0 Å². The molecule has 0 radical (unpaired) electrons. The fraction of sp³-hybridized carbons (Fsp3) is 0.615. The van der Waals surface area contributed by atoms with E-state index >= 15 is 0 Å². The number of hydrogen-bond donors (Lipinski definition) is 1. The van der Waals surface area contributed by atoms with Gasteiger partial charge in [-0.05, 0) is 26.2 Å². The fourth-order valence-electron chi connectivity index (χ4n) is 2.55. The number of hydrogen-bond acceptors (Lipinski definition) is 3. The number of rotatable bonds is 4. The summed E-state index contributed by atoms with van der Waals surface area (Å²) >= 11 is 0. The third-order valence-electron chi connectivity index (χ3n) is 3.36. The van der Waals surface area contributed by atoms with Crippen LogP contribution in [0.4, 0.5) is 5.95 Å². The smallest absolute Gasteiger partial charge is 0.206 e. The van der Waals surface area contributed by atoms with Gasteiger partial charge in [-0.2, -0.15) is 0 Å². The number of imidazole rings is 1. The van der Waals surface area contributed by atoms with Gasteiger partial charge in [0, 0.05) is 31.9 Å². The van der Waals surface area contributed by atoms with E-state index in [1.165, 1.54) is 19.3 Å². The lowest BCUT2D eigenvalue weighted by molar-refractivity contribution is 0.453. The molecule has 1 aliphatic rings. The number of aryl methyl sites for hydroxylation is 1. The van der Waals surface area contributed by atoms with Crippen molar-refractivity contribution in [1.29, 1.82) is 0 Å². The van der Waals surface area contributed by atoms with E-state index in [9.17, 15) is 0 Å². The molecule has 94 valence electrons. The van der Waals surface area contributed by atoms with E-state index in [4.69, 9.17) is 5.73 Å². The van der Waals surface area contributed by atoms with Crippen LogP contribution in [0.5, 0.6) is 0 Å². The summed E-state index contributed by atoms with van der Waals surface area (Å²) in [5.41, 5.74) is 6.92. The molecule has 1 atom stereocenters. The number of nitrogens with zero attached hydrogens (tertiary/aromatic N) is 3. The van der Waals surface area contributed by atoms with E-state index in [2.05, 4.69) is 27.2 Å². The predicted octanol–water partition coefficient (Wildman–Crippen LogP) is 1.70. The molecular weight excluding hydrogens is 212 g/mol. The first-order chi connectivity index (χ1) is 8.26. The molecule has 0 saturated carbocycles. The van der Waals surface area contributed by atoms with Crippen LogP contribution in [0.2, 0.25) is 0 Å². The summed E-state index contributed by atoms with van der Waals surface area (Å²) < 4.78 is 2.16. The van der Waals surface area contributed by atoms with Crippen LogP contribution in [0, 0.1) is 6.92 Å². The Balaban J connectivity index is 2.26. The zero-order valence-corrected chi connectivity index (χ0v) is 10.6. The third-order valence-corrected chi connectivity index (χ3v) is 3.36. The molecule has 2 N–H and O–H groups in total. The number of aromatic nitrogens is 2. The Kier molecular flexibility index (Phi) is 3.84. The Morgan fingerprint density at radius 3 is 3.12 bits per heavy atom. The van der Waals surface area contributed by atoms with Crippen molar-refractivity contribution in [2.45, 2.75) is 38.8 Å². The quantitative estimate of drug-likeness (QED) is 0.807. The van der Waals surface area contributed by atoms with Gasteiger partial charge in [-0.1, -0.05) is 6.08 Å². The Bertz CT molecular complexity index is 383. The van der Waals surface area contributed by atoms with Crippen LogP contribution in [0.1, 0.15) is 25.0 Å². The zero-order chi connectivity index (χ0) is 12.3. The molecule has 17 heavy (non-hydrogen) atoms. The minimum Gasteiger partial charge on any atom is -0.338 e. The molecule has 1 unspecified atom stereocenters. The SMILES string of the molecule is C=CCn1cc(C)nc1N1CCCCC1CN. The Hall–Kier alpha value is -1.29. The highest BCUT2D eigenvalue weighted by Crippen LogP contribution is 2.23. The first kappa shape index (κ1) is 12.2. The summed E-state index contributed by atoms with van der Waals surface area (Å²) in [5.74, 6) is 1.05. The van der Waals surface area contributed by atoms with Gasteiger partial charge in [-0.25, -0.2) is 4.98 Å². The first-order valence-electron chi connectivity index (χ1n) is 6.37. The van der Waals surface area contributed by atoms with Crippen molar-refractivity contribution in [3.63, 3.8) is 0 Å². The summed E-state index contributed by atoms with van der Waals surface area (Å²) in [7, 11) is 0. The average Bonchev–Trinajstić information content (AvgIpc) is 2.71. The van der Waals surface area contributed by atoms with Gasteiger partial charge >= 0.3 is 0 Å². The second-order valence-corrected chi connectivity index (χ2v) is 4.70. The van der Waals surface area contributed by atoms with Crippen molar-refractivity contribution in [2.75, 3.05) is 18.0 Å². The Morgan fingerprint density at radius 2 is 2.41 bits per heavy atom. The maximum absolute atomic E-state index is 5.86. The van der Waals surface area contributed by atoms with Crippen molar-refractivity contribution in [3.05, 3.63) is 24.5 Å². The third kappa shape index (κ3) is 2.52. The van der Waals surface area contributed by atoms with Gasteiger partial charge in [-0.3, -0.25) is 0 Å². The normalized spacial score (nSPS) is 20.6. The van der Waals surface area contributed by atoms with E-state index in [0.717, 1.165) is 24.7 Å². The van der Waals surface area contributed by atoms with Gasteiger partial charge in [0.25, 0.3) is 0 Å². The monoisotopic (exact) mass is 234 g/mol. The van der Waals surface area contributed by atoms with Crippen molar-refractivity contribution in [2.24, 2.45) is 5.73 Å². The van der Waals surface area contributed by atoms with Crippen molar-refractivity contribution in [1.82, 2.24) is 9.55 Å². The molecule has 1 saturated heterocycles. The van der Waals surface area contributed by atoms with Crippen LogP contribution in [-0.2, 0) is 6.54 Å². The second-order valence-electron chi connectivity index (χ2n) is 4.70. The Labute approximate surface area is 103 Å². The van der Waals surface area contributed by atoms with Gasteiger partial charge in [-0.15, -0.1) is 6.58 Å². The molecule has 0 aliphatic carbocycles. The van der Waals surface area contributed by atoms with E-state index in [1.807, 2.05) is 13.0 Å². The van der Waals surface area contributed by atoms with E-state index in [-0.39, 0.29) is 0 Å². The van der Waals surface area contributed by atoms with Crippen molar-refractivity contribution in [3.8, 4) is 0 Å². The lowest BCUT2D eigenvalue weighted by atomic mass is 10.0. The molecular formula is C13H22N4. The second kappa shape index (κ2) is 5.36. The maximum Gasteiger partial charge on any atom is 0.206 e. The minimum atomic E-state index is 0.439. The van der Waals surface area contributed by atoms with Gasteiger partial charge in [0.15, 0.2) is 0 Å². The van der Waals surface area contributed by atoms with Crippen molar-refractivity contribution >= 4 is 5.95 Å². The molecule has 1 aliphatic heterocycles. The van der Waals surface area contributed by atoms with Crippen LogP contribution in [-0.4, -0.2) is 28.7 Å². The molecule has 2 rings (SSSR count). The number of nitrogens with two attached hydrogens (primary N) is 1. The average molecular weight is 234 g/mol. The summed E-state index contributed by atoms with van der Waals surface area (Å²) in [6, 6.07) is 0.439. The molecule has 4 heteroatoms. The fourth-order valence-corrected chi connectivity index (χ4v) is 2.55.